The van der Waals surface area contributed by atoms with E-state index in [1.807, 2.05) is 18.2 Å². The minimum Gasteiger partial charge on any atom is -0.222 e. The molecule has 0 aliphatic carbocycles. The van der Waals surface area contributed by atoms with Crippen molar-refractivity contribution in [3.8, 4) is 0 Å². The number of halogens is 2. The highest BCUT2D eigenvalue weighted by Crippen LogP contribution is 2.24. The van der Waals surface area contributed by atoms with Crippen LogP contribution in [0.4, 0.5) is 0 Å². The molecule has 0 aliphatic heterocycles. The van der Waals surface area contributed by atoms with E-state index in [-0.39, 0.29) is 0 Å². The van der Waals surface area contributed by atoms with E-state index in [4.69, 9.17) is 30.2 Å². The lowest BCUT2D eigenvalue weighted by molar-refractivity contribution is -2.00. The average Bonchev–Trinajstić information content (AvgIpc) is 2.47. The number of nitrogens with zero attached hydrogens (tertiary/aromatic N) is 1. The smallest absolute Gasteiger partial charge is 0.222 e. The van der Waals surface area contributed by atoms with Gasteiger partial charge in [0.05, 0.1) is 0 Å². The summed E-state index contributed by atoms with van der Waals surface area (Å²) in [6, 6.07) is 5.75. The zero-order chi connectivity index (χ0) is 11.5. The van der Waals surface area contributed by atoms with Gasteiger partial charge in [-0.15, -0.1) is 14.6 Å². The fourth-order valence-corrected chi connectivity index (χ4v) is 2.63. The van der Waals surface area contributed by atoms with Crippen LogP contribution in [0.3, 0.4) is 0 Å². The topological polar surface area (TPSA) is 105 Å². The first-order valence-corrected chi connectivity index (χ1v) is 7.04. The third kappa shape index (κ3) is 5.50. The van der Waals surface area contributed by atoms with Crippen molar-refractivity contribution in [3.05, 3.63) is 23.2 Å². The van der Waals surface area contributed by atoms with E-state index in [1.54, 1.807) is 10.3 Å². The summed E-state index contributed by atoms with van der Waals surface area (Å²) in [6.45, 7) is 0. The van der Waals surface area contributed by atoms with Crippen LogP contribution < -0.4 is 18.6 Å². The Bertz CT molecular complexity index is 438. The van der Waals surface area contributed by atoms with Crippen molar-refractivity contribution in [2.45, 2.75) is 0 Å². The summed E-state index contributed by atoms with van der Waals surface area (Å²) in [5.41, 5.74) is 1.00. The summed E-state index contributed by atoms with van der Waals surface area (Å²) in [4.78, 5) is 0. The Hall–Kier alpha value is -0.120. The normalized spacial score (nSPS) is 11.0. The second-order valence-electron chi connectivity index (χ2n) is 2.24. The number of fused-ring (bicyclic) bond motifs is 1. The Balaban J connectivity index is 0.000000195. The molecule has 0 saturated heterocycles. The van der Waals surface area contributed by atoms with Crippen molar-refractivity contribution in [3.63, 3.8) is 0 Å². The van der Waals surface area contributed by atoms with Crippen LogP contribution in [-0.4, -0.2) is 4.37 Å². The molecule has 2 rings (SSSR count). The molecule has 1 aromatic carbocycles. The van der Waals surface area contributed by atoms with Gasteiger partial charge in [0, 0.05) is 11.1 Å². The molecule has 0 radical (unpaired) electrons. The van der Waals surface area contributed by atoms with E-state index in [0.717, 1.165) is 10.5 Å². The molecule has 15 heavy (non-hydrogen) atoms. The number of rotatable bonds is 0. The van der Waals surface area contributed by atoms with Gasteiger partial charge in [0.25, 0.3) is 15.2 Å². The minimum atomic E-state index is -4.94. The average molecular weight is 288 g/mol. The van der Waals surface area contributed by atoms with E-state index in [1.165, 1.54) is 15.2 Å². The lowest BCUT2D eigenvalue weighted by Gasteiger charge is -2.17. The highest BCUT2D eigenvalue weighted by Gasteiger charge is 2.07. The van der Waals surface area contributed by atoms with Crippen LogP contribution in [0.15, 0.2) is 18.2 Å². The molecule has 82 valence electrons. The van der Waals surface area contributed by atoms with Crippen LogP contribution in [0, 0.1) is 10.2 Å². The van der Waals surface area contributed by atoms with Gasteiger partial charge in [0.15, 0.2) is 0 Å². The fourth-order valence-electron chi connectivity index (χ4n) is 0.731. The van der Waals surface area contributed by atoms with Crippen LogP contribution in [0.25, 0.3) is 10.2 Å². The van der Waals surface area contributed by atoms with Gasteiger partial charge >= 0.3 is 10.3 Å². The lowest BCUT2D eigenvalue weighted by atomic mass is 10.3. The van der Waals surface area contributed by atoms with Gasteiger partial charge in [-0.05, 0) is 12.1 Å². The summed E-state index contributed by atoms with van der Waals surface area (Å²) < 4.78 is 39.3. The SMILES string of the molecule is Clc1ccc2[s+]snc2c1.[O-][Cl+3]([O-])([O-])[O-]. The van der Waals surface area contributed by atoms with E-state index < -0.39 is 10.2 Å². The predicted octanol–water partition coefficient (Wildman–Crippen LogP) is -1.46. The number of benzene rings is 1. The van der Waals surface area contributed by atoms with E-state index in [2.05, 4.69) is 4.37 Å². The van der Waals surface area contributed by atoms with Crippen molar-refractivity contribution >= 4 is 42.7 Å². The monoisotopic (exact) mass is 287 g/mol. The zero-order valence-electron chi connectivity index (χ0n) is 6.88. The van der Waals surface area contributed by atoms with Crippen LogP contribution >= 0.6 is 32.5 Å². The maximum absolute atomic E-state index is 8.49. The van der Waals surface area contributed by atoms with Gasteiger partial charge in [-0.3, -0.25) is 0 Å². The Kier molecular flexibility index (Phi) is 4.56. The van der Waals surface area contributed by atoms with Crippen molar-refractivity contribution in [1.82, 2.24) is 4.37 Å². The van der Waals surface area contributed by atoms with E-state index in [0.29, 0.717) is 0 Å². The number of aromatic nitrogens is 1. The van der Waals surface area contributed by atoms with Gasteiger partial charge < -0.3 is 0 Å². The maximum Gasteiger partial charge on any atom is 0.323 e. The molecule has 0 amide bonds. The van der Waals surface area contributed by atoms with Gasteiger partial charge in [0.1, 0.15) is 5.52 Å². The summed E-state index contributed by atoms with van der Waals surface area (Å²) in [5.74, 6) is 0. The molecule has 9 heteroatoms. The second kappa shape index (κ2) is 5.28. The maximum atomic E-state index is 8.49. The molecule has 0 aliphatic rings. The van der Waals surface area contributed by atoms with Gasteiger partial charge in [-0.1, -0.05) is 11.6 Å². The molecule has 1 aromatic heterocycles. The molecule has 0 spiro atoms. The van der Waals surface area contributed by atoms with Crippen LogP contribution in [0.2, 0.25) is 5.02 Å². The lowest BCUT2D eigenvalue weighted by Crippen LogP contribution is -2.68. The van der Waals surface area contributed by atoms with Gasteiger partial charge in [-0.2, -0.15) is 0 Å². The Morgan fingerprint density at radius 1 is 1.27 bits per heavy atom. The molecule has 0 N–H and O–H groups in total. The third-order valence-electron chi connectivity index (χ3n) is 1.18. The molecule has 1 heterocycles. The summed E-state index contributed by atoms with van der Waals surface area (Å²) in [6.07, 6.45) is 0. The van der Waals surface area contributed by atoms with Crippen molar-refractivity contribution in [2.24, 2.45) is 0 Å². The van der Waals surface area contributed by atoms with Crippen molar-refractivity contribution < 1.29 is 28.9 Å². The van der Waals surface area contributed by atoms with Crippen LogP contribution in [0.5, 0.6) is 0 Å². The first-order valence-electron chi connectivity index (χ1n) is 3.32. The number of hydrogen-bond acceptors (Lipinski definition) is 6. The molecular formula is C6H3Cl2NO4S2. The Labute approximate surface area is 99.1 Å². The predicted molar refractivity (Wildman–Crippen MR) is 46.9 cm³/mol. The third-order valence-corrected chi connectivity index (χ3v) is 3.28. The molecule has 0 unspecified atom stereocenters. The first kappa shape index (κ1) is 12.9. The standard InChI is InChI=1S/C6H3ClNS2.ClHO4/c7-4-1-2-6-5(3-4)8-10-9-6;2-1(3,4)5/h1-3H;(H,2,3,4,5)/q+1;/p-1. The van der Waals surface area contributed by atoms with E-state index >= 15 is 0 Å². The molecule has 0 atom stereocenters. The molecular weight excluding hydrogens is 285 g/mol. The minimum absolute atomic E-state index is 0.755. The summed E-state index contributed by atoms with van der Waals surface area (Å²) in [7, 11) is -1.78. The fraction of sp³-hybridized carbons (Fsp3) is 0. The molecule has 0 bridgehead atoms. The number of hydrogen-bond donors (Lipinski definition) is 0. The molecule has 0 saturated carbocycles. The zero-order valence-corrected chi connectivity index (χ0v) is 10.0. The summed E-state index contributed by atoms with van der Waals surface area (Å²) in [5, 5.41) is 0.755. The van der Waals surface area contributed by atoms with Gasteiger partial charge in [-0.25, -0.2) is 18.6 Å². The Morgan fingerprint density at radius 2 is 1.87 bits per heavy atom. The van der Waals surface area contributed by atoms with Crippen molar-refractivity contribution in [2.75, 3.05) is 0 Å². The second-order valence-corrected chi connectivity index (χ2v) is 5.32. The highest BCUT2D eigenvalue weighted by atomic mass is 35.7. The van der Waals surface area contributed by atoms with E-state index in [9.17, 15) is 0 Å². The van der Waals surface area contributed by atoms with Crippen LogP contribution in [-0.2, 0) is 0 Å². The highest BCUT2D eigenvalue weighted by molar-refractivity contribution is 7.69. The summed E-state index contributed by atoms with van der Waals surface area (Å²) >= 11 is 5.74. The largest absolute Gasteiger partial charge is 0.323 e. The van der Waals surface area contributed by atoms with Gasteiger partial charge in [0.2, 0.25) is 0 Å². The quantitative estimate of drug-likeness (QED) is 0.435. The molecule has 5 nitrogen and oxygen atoms in total. The van der Waals surface area contributed by atoms with Crippen LogP contribution in [0.1, 0.15) is 0 Å². The molecule has 2 aromatic rings. The Morgan fingerprint density at radius 3 is 2.47 bits per heavy atom. The van der Waals surface area contributed by atoms with Crippen molar-refractivity contribution in [1.29, 1.82) is 0 Å². The molecule has 0 fully saturated rings. The first-order chi connectivity index (χ1) is 6.86.